The molecule has 0 radical (unpaired) electrons. The summed E-state index contributed by atoms with van der Waals surface area (Å²) in [4.78, 5) is 2.67. The molecule has 0 aliphatic rings. The number of hydrogen-bond acceptors (Lipinski definition) is 1. The molecular weight excluding hydrogens is 612 g/mol. The van der Waals surface area contributed by atoms with Gasteiger partial charge in [-0.3, -0.25) is 0 Å². The fourth-order valence-corrected chi connectivity index (χ4v) is 6.94. The minimum absolute atomic E-state index is 1.12. The molecule has 0 spiro atoms. The highest BCUT2D eigenvalue weighted by molar-refractivity contribution is 9.10. The lowest BCUT2D eigenvalue weighted by molar-refractivity contribution is -0.672. The Morgan fingerprint density at radius 3 is 1.33 bits per heavy atom. The van der Waals surface area contributed by atoms with Gasteiger partial charge in [0.2, 0.25) is 0 Å². The van der Waals surface area contributed by atoms with Crippen LogP contribution in [0, 0.1) is 0 Å². The molecule has 1 heterocycles. The van der Waals surface area contributed by atoms with Gasteiger partial charge < -0.3 is 4.90 Å². The standard InChI is InChI=1S/C42H70BrN2/c1-4-6-8-10-12-14-16-18-20-22-24-26-35-45(36-27-25-23-21-19-17-15-13-11-9-7-5-2)41-32-29-39(30-33-41)28-31-40-34-37-44(3)38-42(40)43/h28-34,37-38H,4-27,35-36H2,1-3H3/q+1. The van der Waals surface area contributed by atoms with Crippen LogP contribution < -0.4 is 9.47 Å². The molecule has 0 unspecified atom stereocenters. The van der Waals surface area contributed by atoms with E-state index in [0.29, 0.717) is 0 Å². The second-order valence-corrected chi connectivity index (χ2v) is 14.5. The molecule has 2 rings (SSSR count). The Balaban J connectivity index is 1.74. The first-order valence-electron chi connectivity index (χ1n) is 19.3. The molecule has 0 aliphatic heterocycles. The van der Waals surface area contributed by atoms with Gasteiger partial charge in [0.1, 0.15) is 7.05 Å². The molecule has 0 bridgehead atoms. The van der Waals surface area contributed by atoms with E-state index < -0.39 is 0 Å². The molecule has 2 aromatic rings. The summed E-state index contributed by atoms with van der Waals surface area (Å²) < 4.78 is 3.19. The molecule has 0 amide bonds. The number of rotatable bonds is 29. The predicted octanol–water partition coefficient (Wildman–Crippen LogP) is 13.7. The molecule has 0 aliphatic carbocycles. The van der Waals surface area contributed by atoms with E-state index in [1.165, 1.54) is 184 Å². The molecule has 0 atom stereocenters. The van der Waals surface area contributed by atoms with Crippen LogP contribution in [-0.2, 0) is 7.05 Å². The maximum atomic E-state index is 3.69. The van der Waals surface area contributed by atoms with Gasteiger partial charge in [0, 0.05) is 30.4 Å². The second kappa shape index (κ2) is 27.5. The minimum atomic E-state index is 1.12. The molecule has 0 saturated heterocycles. The Hall–Kier alpha value is -1.61. The van der Waals surface area contributed by atoms with Gasteiger partial charge in [0.15, 0.2) is 12.4 Å². The zero-order chi connectivity index (χ0) is 32.2. The Labute approximate surface area is 288 Å². The highest BCUT2D eigenvalue weighted by Crippen LogP contribution is 2.22. The first kappa shape index (κ1) is 39.6. The summed E-state index contributed by atoms with van der Waals surface area (Å²) in [6, 6.07) is 11.4. The van der Waals surface area contributed by atoms with Gasteiger partial charge in [0.05, 0.1) is 4.47 Å². The quantitative estimate of drug-likeness (QED) is 0.0612. The van der Waals surface area contributed by atoms with E-state index in [2.05, 4.69) is 101 Å². The monoisotopic (exact) mass is 681 g/mol. The molecule has 2 nitrogen and oxygen atoms in total. The van der Waals surface area contributed by atoms with Crippen molar-refractivity contribution in [1.29, 1.82) is 0 Å². The number of halogens is 1. The first-order chi connectivity index (χ1) is 22.1. The molecule has 0 saturated carbocycles. The number of aryl methyl sites for hydroxylation is 1. The molecule has 0 fully saturated rings. The van der Waals surface area contributed by atoms with Crippen molar-refractivity contribution in [2.24, 2.45) is 7.05 Å². The molecule has 45 heavy (non-hydrogen) atoms. The van der Waals surface area contributed by atoms with Crippen molar-refractivity contribution in [3.05, 3.63) is 58.3 Å². The van der Waals surface area contributed by atoms with Crippen molar-refractivity contribution in [2.45, 2.75) is 168 Å². The van der Waals surface area contributed by atoms with Gasteiger partial charge in [-0.1, -0.05) is 179 Å². The summed E-state index contributed by atoms with van der Waals surface area (Å²) in [5.74, 6) is 0. The van der Waals surface area contributed by atoms with Crippen LogP contribution in [0.2, 0.25) is 0 Å². The summed E-state index contributed by atoms with van der Waals surface area (Å²) in [5.41, 5.74) is 3.86. The van der Waals surface area contributed by atoms with Gasteiger partial charge in [-0.25, -0.2) is 4.57 Å². The summed E-state index contributed by atoms with van der Waals surface area (Å²) >= 11 is 3.69. The zero-order valence-corrected chi connectivity index (χ0v) is 31.4. The SMILES string of the molecule is CCCCCCCCCCCCCCN(CCCCCCCCCCCCCC)c1ccc(/C=C/c2cc[n+](C)cc2Br)cc1. The van der Waals surface area contributed by atoms with Crippen LogP contribution in [0.25, 0.3) is 12.2 Å². The van der Waals surface area contributed by atoms with E-state index in [1.54, 1.807) is 0 Å². The van der Waals surface area contributed by atoms with Gasteiger partial charge in [0.25, 0.3) is 0 Å². The van der Waals surface area contributed by atoms with Crippen molar-refractivity contribution < 1.29 is 4.57 Å². The van der Waals surface area contributed by atoms with E-state index in [1.807, 2.05) is 0 Å². The highest BCUT2D eigenvalue weighted by atomic mass is 79.9. The third-order valence-corrected chi connectivity index (χ3v) is 10.0. The number of anilines is 1. The number of pyridine rings is 1. The summed E-state index contributed by atoms with van der Waals surface area (Å²) in [6.45, 7) is 7.00. The molecule has 3 heteroatoms. The van der Waals surface area contributed by atoms with Gasteiger partial charge in [-0.15, -0.1) is 0 Å². The molecule has 254 valence electrons. The van der Waals surface area contributed by atoms with Gasteiger partial charge in [-0.2, -0.15) is 0 Å². The Kier molecular flexibility index (Phi) is 24.2. The van der Waals surface area contributed by atoms with Crippen molar-refractivity contribution in [1.82, 2.24) is 0 Å². The van der Waals surface area contributed by atoms with Crippen molar-refractivity contribution in [2.75, 3.05) is 18.0 Å². The number of hydrogen-bond donors (Lipinski definition) is 0. The predicted molar refractivity (Wildman–Crippen MR) is 205 cm³/mol. The van der Waals surface area contributed by atoms with E-state index in [-0.39, 0.29) is 0 Å². The molecule has 0 N–H and O–H groups in total. The molecular formula is C42H70BrN2+. The summed E-state index contributed by atoms with van der Waals surface area (Å²) in [5, 5.41) is 0. The van der Waals surface area contributed by atoms with Crippen LogP contribution >= 0.6 is 15.9 Å². The topological polar surface area (TPSA) is 7.12 Å². The van der Waals surface area contributed by atoms with E-state index in [0.717, 1.165) is 4.47 Å². The van der Waals surface area contributed by atoms with Crippen LogP contribution in [0.5, 0.6) is 0 Å². The van der Waals surface area contributed by atoms with Gasteiger partial charge >= 0.3 is 0 Å². The highest BCUT2D eigenvalue weighted by Gasteiger charge is 2.07. The fourth-order valence-electron chi connectivity index (χ4n) is 6.35. The fraction of sp³-hybridized carbons (Fsp3) is 0.690. The van der Waals surface area contributed by atoms with Gasteiger partial charge in [-0.05, 0) is 46.5 Å². The maximum Gasteiger partial charge on any atom is 0.183 e. The van der Waals surface area contributed by atoms with Crippen molar-refractivity contribution in [3.63, 3.8) is 0 Å². The van der Waals surface area contributed by atoms with Crippen LogP contribution in [-0.4, -0.2) is 13.1 Å². The lowest BCUT2D eigenvalue weighted by Gasteiger charge is -2.25. The van der Waals surface area contributed by atoms with E-state index in [4.69, 9.17) is 0 Å². The van der Waals surface area contributed by atoms with Crippen molar-refractivity contribution >= 4 is 33.8 Å². The van der Waals surface area contributed by atoms with E-state index in [9.17, 15) is 0 Å². The summed E-state index contributed by atoms with van der Waals surface area (Å²) in [6.07, 6.45) is 42.5. The average Bonchev–Trinajstić information content (AvgIpc) is 3.04. The van der Waals surface area contributed by atoms with Crippen LogP contribution in [0.1, 0.15) is 179 Å². The average molecular weight is 683 g/mol. The Bertz CT molecular complexity index is 955. The third-order valence-electron chi connectivity index (χ3n) is 9.36. The molecule has 1 aromatic heterocycles. The second-order valence-electron chi connectivity index (χ2n) is 13.6. The number of unbranched alkanes of at least 4 members (excludes halogenated alkanes) is 22. The maximum absolute atomic E-state index is 3.69. The normalized spacial score (nSPS) is 11.6. The lowest BCUT2D eigenvalue weighted by atomic mass is 10.0. The van der Waals surface area contributed by atoms with Crippen LogP contribution in [0.4, 0.5) is 5.69 Å². The van der Waals surface area contributed by atoms with Crippen molar-refractivity contribution in [3.8, 4) is 0 Å². The smallest absolute Gasteiger partial charge is 0.183 e. The van der Waals surface area contributed by atoms with E-state index >= 15 is 0 Å². The third kappa shape index (κ3) is 20.3. The van der Waals surface area contributed by atoms with Crippen LogP contribution in [0.3, 0.4) is 0 Å². The Morgan fingerprint density at radius 2 is 0.933 bits per heavy atom. The largest absolute Gasteiger partial charge is 0.372 e. The molecule has 1 aromatic carbocycles. The Morgan fingerprint density at radius 1 is 0.533 bits per heavy atom. The number of aromatic nitrogens is 1. The first-order valence-corrected chi connectivity index (χ1v) is 20.1. The lowest BCUT2D eigenvalue weighted by Crippen LogP contribution is -2.26. The van der Waals surface area contributed by atoms with Crippen LogP contribution in [0.15, 0.2) is 47.2 Å². The number of benzene rings is 1. The number of nitrogens with zero attached hydrogens (tertiary/aromatic N) is 2. The zero-order valence-electron chi connectivity index (χ0n) is 29.9. The minimum Gasteiger partial charge on any atom is -0.372 e. The summed E-state index contributed by atoms with van der Waals surface area (Å²) in [7, 11) is 2.05.